The van der Waals surface area contributed by atoms with E-state index < -0.39 is 11.9 Å². The number of rotatable bonds is 11. The number of hydrogen-bond donors (Lipinski definition) is 1. The van der Waals surface area contributed by atoms with Gasteiger partial charge in [-0.05, 0) is 37.5 Å². The number of carboxylic acids is 1. The SMILES string of the molecule is CCCCCOc1ccc(CCN2CC(C(=O)O)CC2=O)cc1OCC. The number of carbonyl (C=O) groups excluding carboxylic acids is 1. The Morgan fingerprint density at radius 1 is 1.23 bits per heavy atom. The van der Waals surface area contributed by atoms with Crippen molar-refractivity contribution in [1.82, 2.24) is 4.90 Å². The summed E-state index contributed by atoms with van der Waals surface area (Å²) in [4.78, 5) is 24.6. The third-order valence-corrected chi connectivity index (χ3v) is 4.55. The standard InChI is InChI=1S/C20H29NO5/c1-3-5-6-11-26-17-8-7-15(12-18(17)25-4-2)9-10-21-14-16(20(23)24)13-19(21)22/h7-8,12,16H,3-6,9-11,13-14H2,1-2H3,(H,23,24). The Kier molecular flexibility index (Phi) is 7.75. The van der Waals surface area contributed by atoms with Crippen molar-refractivity contribution in [2.24, 2.45) is 5.92 Å². The van der Waals surface area contributed by atoms with Gasteiger partial charge in [-0.15, -0.1) is 0 Å². The number of carboxylic acid groups (broad SMARTS) is 1. The summed E-state index contributed by atoms with van der Waals surface area (Å²) in [5, 5.41) is 9.06. The van der Waals surface area contributed by atoms with Gasteiger partial charge in [0.25, 0.3) is 0 Å². The minimum absolute atomic E-state index is 0.0849. The van der Waals surface area contributed by atoms with Gasteiger partial charge in [0, 0.05) is 19.5 Å². The van der Waals surface area contributed by atoms with E-state index >= 15 is 0 Å². The quantitative estimate of drug-likeness (QED) is 0.611. The molecule has 1 aromatic rings. The fraction of sp³-hybridized carbons (Fsp3) is 0.600. The van der Waals surface area contributed by atoms with Gasteiger partial charge in [0.1, 0.15) is 0 Å². The van der Waals surface area contributed by atoms with Gasteiger partial charge in [0.15, 0.2) is 11.5 Å². The van der Waals surface area contributed by atoms with Crippen LogP contribution in [0.2, 0.25) is 0 Å². The minimum atomic E-state index is -0.899. The molecule has 0 aromatic heterocycles. The van der Waals surface area contributed by atoms with Crippen molar-refractivity contribution in [3.05, 3.63) is 23.8 Å². The van der Waals surface area contributed by atoms with Crippen LogP contribution in [0.15, 0.2) is 18.2 Å². The van der Waals surface area contributed by atoms with E-state index in [0.717, 1.165) is 36.3 Å². The normalized spacial score (nSPS) is 16.8. The van der Waals surface area contributed by atoms with Crippen LogP contribution in [-0.4, -0.2) is 48.2 Å². The highest BCUT2D eigenvalue weighted by molar-refractivity contribution is 5.86. The Labute approximate surface area is 155 Å². The Bertz CT molecular complexity index is 616. The van der Waals surface area contributed by atoms with Crippen LogP contribution in [0.4, 0.5) is 0 Å². The molecule has 6 heteroatoms. The molecule has 26 heavy (non-hydrogen) atoms. The molecule has 0 aliphatic carbocycles. The van der Waals surface area contributed by atoms with Gasteiger partial charge >= 0.3 is 5.97 Å². The van der Waals surface area contributed by atoms with E-state index in [4.69, 9.17) is 14.6 Å². The molecule has 1 amide bonds. The molecule has 0 spiro atoms. The summed E-state index contributed by atoms with van der Waals surface area (Å²) in [7, 11) is 0. The van der Waals surface area contributed by atoms with Crippen molar-refractivity contribution in [3.8, 4) is 11.5 Å². The minimum Gasteiger partial charge on any atom is -0.490 e. The zero-order valence-electron chi connectivity index (χ0n) is 15.7. The van der Waals surface area contributed by atoms with Crippen LogP contribution >= 0.6 is 0 Å². The zero-order chi connectivity index (χ0) is 18.9. The second-order valence-electron chi connectivity index (χ2n) is 6.60. The van der Waals surface area contributed by atoms with E-state index in [2.05, 4.69) is 6.92 Å². The summed E-state index contributed by atoms with van der Waals surface area (Å²) in [5.41, 5.74) is 1.04. The Balaban J connectivity index is 1.93. The maximum atomic E-state index is 11.9. The van der Waals surface area contributed by atoms with Gasteiger partial charge < -0.3 is 19.5 Å². The average Bonchev–Trinajstić information content (AvgIpc) is 3.00. The molecule has 0 radical (unpaired) electrons. The second-order valence-corrected chi connectivity index (χ2v) is 6.60. The molecule has 1 aliphatic heterocycles. The predicted octanol–water partition coefficient (Wildman–Crippen LogP) is 3.13. The number of amides is 1. The van der Waals surface area contributed by atoms with Gasteiger partial charge in [-0.3, -0.25) is 9.59 Å². The summed E-state index contributed by atoms with van der Waals surface area (Å²) >= 11 is 0. The molecule has 1 aliphatic rings. The van der Waals surface area contributed by atoms with E-state index in [9.17, 15) is 9.59 Å². The van der Waals surface area contributed by atoms with Crippen LogP contribution in [0.25, 0.3) is 0 Å². The molecule has 0 bridgehead atoms. The summed E-state index contributed by atoms with van der Waals surface area (Å²) in [6.07, 6.45) is 4.08. The topological polar surface area (TPSA) is 76.1 Å². The zero-order valence-corrected chi connectivity index (χ0v) is 15.7. The van der Waals surface area contributed by atoms with E-state index in [1.165, 1.54) is 0 Å². The maximum absolute atomic E-state index is 11.9. The lowest BCUT2D eigenvalue weighted by Gasteiger charge is -2.17. The number of benzene rings is 1. The van der Waals surface area contributed by atoms with Crippen LogP contribution in [0.5, 0.6) is 11.5 Å². The van der Waals surface area contributed by atoms with Crippen LogP contribution in [0.1, 0.15) is 45.1 Å². The molecule has 144 valence electrons. The number of ether oxygens (including phenoxy) is 2. The van der Waals surface area contributed by atoms with Crippen molar-refractivity contribution in [3.63, 3.8) is 0 Å². The van der Waals surface area contributed by atoms with E-state index in [-0.39, 0.29) is 12.3 Å². The second kappa shape index (κ2) is 10.0. The highest BCUT2D eigenvalue weighted by Crippen LogP contribution is 2.29. The van der Waals surface area contributed by atoms with Crippen molar-refractivity contribution in [2.45, 2.75) is 46.0 Å². The molecule has 0 saturated carbocycles. The molecule has 1 aromatic carbocycles. The first-order chi connectivity index (χ1) is 12.5. The van der Waals surface area contributed by atoms with E-state index in [0.29, 0.717) is 32.7 Å². The Morgan fingerprint density at radius 2 is 2.04 bits per heavy atom. The third-order valence-electron chi connectivity index (χ3n) is 4.55. The molecule has 1 heterocycles. The average molecular weight is 363 g/mol. The first kappa shape index (κ1) is 20.1. The van der Waals surface area contributed by atoms with Crippen molar-refractivity contribution >= 4 is 11.9 Å². The summed E-state index contributed by atoms with van der Waals surface area (Å²) in [6.45, 7) is 6.13. The maximum Gasteiger partial charge on any atom is 0.308 e. The smallest absolute Gasteiger partial charge is 0.308 e. The van der Waals surface area contributed by atoms with Crippen molar-refractivity contribution in [2.75, 3.05) is 26.3 Å². The predicted molar refractivity (Wildman–Crippen MR) is 98.7 cm³/mol. The van der Waals surface area contributed by atoms with E-state index in [1.54, 1.807) is 4.90 Å². The van der Waals surface area contributed by atoms with Crippen molar-refractivity contribution < 1.29 is 24.2 Å². The number of unbranched alkanes of at least 4 members (excludes halogenated alkanes) is 2. The molecule has 1 N–H and O–H groups in total. The molecule has 1 fully saturated rings. The lowest BCUT2D eigenvalue weighted by Crippen LogP contribution is -2.28. The Hall–Kier alpha value is -2.24. The van der Waals surface area contributed by atoms with Gasteiger partial charge in [-0.2, -0.15) is 0 Å². The first-order valence-corrected chi connectivity index (χ1v) is 9.44. The van der Waals surface area contributed by atoms with Gasteiger partial charge in [0.2, 0.25) is 5.91 Å². The number of hydrogen-bond acceptors (Lipinski definition) is 4. The molecule has 1 atom stereocenters. The molecular weight excluding hydrogens is 334 g/mol. The van der Waals surface area contributed by atoms with E-state index in [1.807, 2.05) is 25.1 Å². The number of nitrogens with zero attached hydrogens (tertiary/aromatic N) is 1. The Morgan fingerprint density at radius 3 is 2.69 bits per heavy atom. The van der Waals surface area contributed by atoms with Gasteiger partial charge in [-0.1, -0.05) is 25.8 Å². The molecule has 1 unspecified atom stereocenters. The number of aliphatic carboxylic acids is 1. The fourth-order valence-electron chi connectivity index (χ4n) is 3.05. The highest BCUT2D eigenvalue weighted by atomic mass is 16.5. The van der Waals surface area contributed by atoms with Gasteiger partial charge in [-0.25, -0.2) is 0 Å². The van der Waals surface area contributed by atoms with Crippen LogP contribution in [0.3, 0.4) is 0 Å². The number of carbonyl (C=O) groups is 2. The summed E-state index contributed by atoms with van der Waals surface area (Å²) in [5.74, 6) is -0.102. The largest absolute Gasteiger partial charge is 0.490 e. The molecule has 2 rings (SSSR count). The monoisotopic (exact) mass is 363 g/mol. The lowest BCUT2D eigenvalue weighted by molar-refractivity contribution is -0.141. The number of likely N-dealkylation sites (tertiary alicyclic amines) is 1. The molecular formula is C20H29NO5. The molecule has 1 saturated heterocycles. The van der Waals surface area contributed by atoms with Crippen LogP contribution in [0, 0.1) is 5.92 Å². The highest BCUT2D eigenvalue weighted by Gasteiger charge is 2.33. The summed E-state index contributed by atoms with van der Waals surface area (Å²) < 4.78 is 11.5. The van der Waals surface area contributed by atoms with Crippen LogP contribution in [-0.2, 0) is 16.0 Å². The van der Waals surface area contributed by atoms with Crippen molar-refractivity contribution in [1.29, 1.82) is 0 Å². The molecule has 6 nitrogen and oxygen atoms in total. The lowest BCUT2D eigenvalue weighted by atomic mass is 10.1. The first-order valence-electron chi connectivity index (χ1n) is 9.44. The van der Waals surface area contributed by atoms with Gasteiger partial charge in [0.05, 0.1) is 19.1 Å². The third kappa shape index (κ3) is 5.64. The fourth-order valence-corrected chi connectivity index (χ4v) is 3.05. The van der Waals surface area contributed by atoms with Crippen LogP contribution < -0.4 is 9.47 Å². The summed E-state index contributed by atoms with van der Waals surface area (Å²) in [6, 6.07) is 5.85.